The highest BCUT2D eigenvalue weighted by Crippen LogP contribution is 2.19. The summed E-state index contributed by atoms with van der Waals surface area (Å²) in [5.74, 6) is -1.49. The van der Waals surface area contributed by atoms with E-state index in [0.717, 1.165) is 0 Å². The lowest BCUT2D eigenvalue weighted by Crippen LogP contribution is -2.54. The number of alkyl carbamates (subject to hydrolysis) is 1. The number of amides is 3. The van der Waals surface area contributed by atoms with E-state index in [4.69, 9.17) is 16.3 Å². The number of aromatic nitrogens is 1. The number of hydrazine groups is 1. The molecule has 0 spiro atoms. The van der Waals surface area contributed by atoms with Crippen LogP contribution >= 0.6 is 11.6 Å². The van der Waals surface area contributed by atoms with Crippen molar-refractivity contribution in [1.82, 2.24) is 21.2 Å². The molecule has 0 aliphatic heterocycles. The predicted octanol–water partition coefficient (Wildman–Crippen LogP) is 1.20. The van der Waals surface area contributed by atoms with Gasteiger partial charge in [0.25, 0.3) is 11.8 Å². The van der Waals surface area contributed by atoms with Gasteiger partial charge in [0, 0.05) is 12.2 Å². The number of nitrogens with zero attached hydrogens (tertiary/aromatic N) is 1. The average molecular weight is 416 g/mol. The van der Waals surface area contributed by atoms with Crippen LogP contribution in [0.5, 0.6) is 0 Å². The standard InChI is InChI=1S/C17H26ClN5O5/c1-9(2)20-11-6-13(18)19-7-10(11)14(25)22-23-15(26)12(8-24)21-16(27)28-17(3,4)5/h6-7,9,12,24H,8H2,1-5H3,(H,19,20)(H,21,27)(H,22,25)(H,23,26). The molecule has 0 aromatic carbocycles. The summed E-state index contributed by atoms with van der Waals surface area (Å²) >= 11 is 5.85. The fraction of sp³-hybridized carbons (Fsp3) is 0.529. The van der Waals surface area contributed by atoms with E-state index >= 15 is 0 Å². The molecule has 28 heavy (non-hydrogen) atoms. The minimum atomic E-state index is -1.31. The Hall–Kier alpha value is -2.59. The molecule has 11 heteroatoms. The summed E-state index contributed by atoms with van der Waals surface area (Å²) in [6.45, 7) is 8.04. The molecule has 156 valence electrons. The zero-order valence-electron chi connectivity index (χ0n) is 16.4. The quantitative estimate of drug-likeness (QED) is 0.347. The first kappa shape index (κ1) is 23.4. The van der Waals surface area contributed by atoms with E-state index in [1.165, 1.54) is 12.3 Å². The summed E-state index contributed by atoms with van der Waals surface area (Å²) in [5, 5.41) is 14.8. The third-order valence-corrected chi connectivity index (χ3v) is 3.26. The van der Waals surface area contributed by atoms with Crippen molar-refractivity contribution in [1.29, 1.82) is 0 Å². The SMILES string of the molecule is CC(C)Nc1cc(Cl)ncc1C(=O)NNC(=O)C(CO)NC(=O)OC(C)(C)C. The number of carbonyl (C=O) groups is 3. The highest BCUT2D eigenvalue weighted by Gasteiger charge is 2.24. The second kappa shape index (κ2) is 10.1. The minimum absolute atomic E-state index is 0.0244. The van der Waals surface area contributed by atoms with Gasteiger partial charge in [0.2, 0.25) is 0 Å². The van der Waals surface area contributed by atoms with Gasteiger partial charge in [-0.2, -0.15) is 0 Å². The molecule has 0 aliphatic carbocycles. The van der Waals surface area contributed by atoms with Crippen molar-refractivity contribution >= 4 is 35.2 Å². The molecule has 0 bridgehead atoms. The number of anilines is 1. The van der Waals surface area contributed by atoms with Crippen molar-refractivity contribution in [2.24, 2.45) is 0 Å². The Labute approximate surface area is 168 Å². The number of ether oxygens (including phenoxy) is 1. The Morgan fingerprint density at radius 1 is 1.25 bits per heavy atom. The molecular weight excluding hydrogens is 390 g/mol. The number of pyridine rings is 1. The Bertz CT molecular complexity index is 720. The van der Waals surface area contributed by atoms with Crippen LogP contribution in [0.1, 0.15) is 45.0 Å². The second-order valence-electron chi connectivity index (χ2n) is 7.18. The average Bonchev–Trinajstić information content (AvgIpc) is 2.55. The lowest BCUT2D eigenvalue weighted by Gasteiger charge is -2.22. The highest BCUT2D eigenvalue weighted by molar-refractivity contribution is 6.29. The summed E-state index contributed by atoms with van der Waals surface area (Å²) < 4.78 is 5.02. The zero-order chi connectivity index (χ0) is 21.5. The minimum Gasteiger partial charge on any atom is -0.444 e. The van der Waals surface area contributed by atoms with Gasteiger partial charge in [0.15, 0.2) is 0 Å². The van der Waals surface area contributed by atoms with Crippen molar-refractivity contribution in [3.63, 3.8) is 0 Å². The highest BCUT2D eigenvalue weighted by atomic mass is 35.5. The monoisotopic (exact) mass is 415 g/mol. The van der Waals surface area contributed by atoms with E-state index in [2.05, 4.69) is 26.5 Å². The van der Waals surface area contributed by atoms with E-state index in [0.29, 0.717) is 5.69 Å². The molecule has 0 radical (unpaired) electrons. The third kappa shape index (κ3) is 7.97. The van der Waals surface area contributed by atoms with E-state index in [1.807, 2.05) is 13.8 Å². The fourth-order valence-corrected chi connectivity index (χ4v) is 2.12. The molecule has 1 heterocycles. The number of nitrogens with one attached hydrogen (secondary N) is 4. The zero-order valence-corrected chi connectivity index (χ0v) is 17.2. The van der Waals surface area contributed by atoms with Crippen LogP contribution in [0, 0.1) is 0 Å². The van der Waals surface area contributed by atoms with E-state index in [9.17, 15) is 19.5 Å². The van der Waals surface area contributed by atoms with E-state index in [1.54, 1.807) is 20.8 Å². The van der Waals surface area contributed by atoms with Gasteiger partial charge in [-0.1, -0.05) is 11.6 Å². The smallest absolute Gasteiger partial charge is 0.408 e. The van der Waals surface area contributed by atoms with Crippen LogP contribution in [0.2, 0.25) is 5.15 Å². The van der Waals surface area contributed by atoms with Gasteiger partial charge in [0.1, 0.15) is 16.8 Å². The van der Waals surface area contributed by atoms with Crippen molar-refractivity contribution in [3.8, 4) is 0 Å². The number of rotatable bonds is 6. The Balaban J connectivity index is 2.73. The van der Waals surface area contributed by atoms with Gasteiger partial charge in [-0.3, -0.25) is 20.4 Å². The first-order valence-corrected chi connectivity index (χ1v) is 8.93. The summed E-state index contributed by atoms with van der Waals surface area (Å²) in [7, 11) is 0. The molecule has 1 rings (SSSR count). The second-order valence-corrected chi connectivity index (χ2v) is 7.56. The van der Waals surface area contributed by atoms with E-state index in [-0.39, 0.29) is 16.8 Å². The van der Waals surface area contributed by atoms with Gasteiger partial charge in [-0.05, 0) is 40.7 Å². The first-order chi connectivity index (χ1) is 12.9. The van der Waals surface area contributed by atoms with Crippen molar-refractivity contribution in [2.45, 2.75) is 52.3 Å². The number of aliphatic hydroxyl groups is 1. The van der Waals surface area contributed by atoms with Gasteiger partial charge in [-0.25, -0.2) is 9.78 Å². The Morgan fingerprint density at radius 2 is 1.89 bits per heavy atom. The van der Waals surface area contributed by atoms with Gasteiger partial charge in [0.05, 0.1) is 17.9 Å². The maximum atomic E-state index is 12.4. The van der Waals surface area contributed by atoms with Crippen LogP contribution < -0.4 is 21.5 Å². The molecule has 1 aromatic rings. The van der Waals surface area contributed by atoms with Gasteiger partial charge >= 0.3 is 6.09 Å². The number of halogens is 1. The van der Waals surface area contributed by atoms with Crippen LogP contribution in [0.15, 0.2) is 12.3 Å². The summed E-state index contributed by atoms with van der Waals surface area (Å²) in [6.07, 6.45) is 0.384. The lowest BCUT2D eigenvalue weighted by atomic mass is 10.2. The largest absolute Gasteiger partial charge is 0.444 e. The molecule has 0 saturated heterocycles. The van der Waals surface area contributed by atoms with Crippen LogP contribution in [0.3, 0.4) is 0 Å². The van der Waals surface area contributed by atoms with Gasteiger partial charge < -0.3 is 20.5 Å². The number of carbonyl (C=O) groups excluding carboxylic acids is 3. The predicted molar refractivity (Wildman–Crippen MR) is 104 cm³/mol. The molecule has 0 fully saturated rings. The molecule has 5 N–H and O–H groups in total. The molecular formula is C17H26ClN5O5. The molecule has 0 saturated carbocycles. The Morgan fingerprint density at radius 3 is 2.43 bits per heavy atom. The van der Waals surface area contributed by atoms with Crippen LogP contribution in [-0.2, 0) is 9.53 Å². The van der Waals surface area contributed by atoms with Gasteiger partial charge in [-0.15, -0.1) is 0 Å². The number of hydrogen-bond acceptors (Lipinski definition) is 7. The normalized spacial score (nSPS) is 12.1. The topological polar surface area (TPSA) is 142 Å². The molecule has 1 unspecified atom stereocenters. The first-order valence-electron chi connectivity index (χ1n) is 8.55. The molecule has 1 atom stereocenters. The number of aliphatic hydroxyl groups excluding tert-OH is 1. The summed E-state index contributed by atoms with van der Waals surface area (Å²) in [4.78, 5) is 40.1. The van der Waals surface area contributed by atoms with Crippen LogP contribution in [0.4, 0.5) is 10.5 Å². The summed E-state index contributed by atoms with van der Waals surface area (Å²) in [5.41, 5.74) is 4.16. The van der Waals surface area contributed by atoms with E-state index < -0.39 is 36.2 Å². The molecule has 10 nitrogen and oxygen atoms in total. The Kier molecular flexibility index (Phi) is 8.45. The van der Waals surface area contributed by atoms with Crippen LogP contribution in [0.25, 0.3) is 0 Å². The van der Waals surface area contributed by atoms with Crippen molar-refractivity contribution < 1.29 is 24.2 Å². The molecule has 3 amide bonds. The third-order valence-electron chi connectivity index (χ3n) is 3.05. The molecule has 1 aromatic heterocycles. The molecule has 0 aliphatic rings. The van der Waals surface area contributed by atoms with Crippen molar-refractivity contribution in [2.75, 3.05) is 11.9 Å². The van der Waals surface area contributed by atoms with Crippen molar-refractivity contribution in [3.05, 3.63) is 23.0 Å². The van der Waals surface area contributed by atoms with Crippen LogP contribution in [-0.4, -0.2) is 52.3 Å². The maximum Gasteiger partial charge on any atom is 0.408 e. The fourth-order valence-electron chi connectivity index (χ4n) is 1.96. The maximum absolute atomic E-state index is 12.4. The number of hydrogen-bond donors (Lipinski definition) is 5. The lowest BCUT2D eigenvalue weighted by molar-refractivity contribution is -0.124. The summed E-state index contributed by atoms with van der Waals surface area (Å²) in [6, 6.07) is 0.196.